The van der Waals surface area contributed by atoms with Gasteiger partial charge in [0.25, 0.3) is 10.0 Å². The molecule has 4 rings (SSSR count). The van der Waals surface area contributed by atoms with Crippen molar-refractivity contribution in [2.24, 2.45) is 0 Å². The molecule has 3 aromatic rings. The summed E-state index contributed by atoms with van der Waals surface area (Å²) in [7, 11) is -1.46. The second-order valence-corrected chi connectivity index (χ2v) is 13.7. The zero-order valence-electron chi connectivity index (χ0n) is 27.2. The van der Waals surface area contributed by atoms with Crippen LogP contribution >= 0.6 is 0 Å². The number of carbonyl (C=O) groups excluding carboxylic acids is 2. The number of nitrogens with zero attached hydrogens (tertiary/aromatic N) is 2. The number of hydrogen-bond donors (Lipinski definition) is 1. The molecule has 1 N–H and O–H groups in total. The van der Waals surface area contributed by atoms with Crippen LogP contribution in [0.5, 0.6) is 11.5 Å². The van der Waals surface area contributed by atoms with E-state index in [1.165, 1.54) is 49.5 Å². The minimum atomic E-state index is -4.33. The monoisotopic (exact) mass is 653 g/mol. The molecule has 1 aliphatic rings. The Bertz CT molecular complexity index is 1600. The van der Waals surface area contributed by atoms with Gasteiger partial charge in [-0.05, 0) is 86.2 Å². The summed E-state index contributed by atoms with van der Waals surface area (Å²) in [6, 6.07) is 14.4. The maximum absolute atomic E-state index is 14.4. The van der Waals surface area contributed by atoms with Gasteiger partial charge < -0.3 is 19.7 Å². The van der Waals surface area contributed by atoms with Crippen LogP contribution in [0.4, 0.5) is 10.1 Å². The fourth-order valence-corrected chi connectivity index (χ4v) is 7.39. The van der Waals surface area contributed by atoms with Crippen LogP contribution in [-0.4, -0.2) is 58.0 Å². The number of rotatable bonds is 13. The quantitative estimate of drug-likeness (QED) is 0.246. The van der Waals surface area contributed by atoms with Crippen molar-refractivity contribution in [1.82, 2.24) is 10.2 Å². The molecule has 9 nitrogen and oxygen atoms in total. The molecule has 0 aromatic heterocycles. The van der Waals surface area contributed by atoms with Crippen molar-refractivity contribution in [3.05, 3.63) is 83.2 Å². The van der Waals surface area contributed by atoms with E-state index in [0.717, 1.165) is 47.5 Å². The summed E-state index contributed by atoms with van der Waals surface area (Å²) in [6.45, 7) is 4.94. The molecule has 0 bridgehead atoms. The average Bonchev–Trinajstić information content (AvgIpc) is 3.03. The van der Waals surface area contributed by atoms with Crippen LogP contribution in [0.3, 0.4) is 0 Å². The van der Waals surface area contributed by atoms with Gasteiger partial charge in [0.15, 0.2) is 11.5 Å². The van der Waals surface area contributed by atoms with Gasteiger partial charge in [-0.15, -0.1) is 0 Å². The number of amides is 2. The van der Waals surface area contributed by atoms with E-state index in [9.17, 15) is 22.4 Å². The number of halogens is 1. The molecule has 11 heteroatoms. The second-order valence-electron chi connectivity index (χ2n) is 11.8. The Kier molecular flexibility index (Phi) is 11.7. The Morgan fingerprint density at radius 3 is 2.13 bits per heavy atom. The van der Waals surface area contributed by atoms with Gasteiger partial charge in [0.1, 0.15) is 18.4 Å². The van der Waals surface area contributed by atoms with Crippen LogP contribution in [0.2, 0.25) is 0 Å². The molecule has 0 saturated heterocycles. The predicted octanol–water partition coefficient (Wildman–Crippen LogP) is 5.91. The average molecular weight is 654 g/mol. The molecule has 0 spiro atoms. The Hall–Kier alpha value is -4.12. The molecule has 0 heterocycles. The van der Waals surface area contributed by atoms with E-state index in [-0.39, 0.29) is 29.1 Å². The molecular formula is C35H44FN3O6S. The Balaban J connectivity index is 1.76. The first-order chi connectivity index (χ1) is 22.0. The van der Waals surface area contributed by atoms with Crippen molar-refractivity contribution in [3.63, 3.8) is 0 Å². The van der Waals surface area contributed by atoms with E-state index < -0.39 is 34.3 Å². The van der Waals surface area contributed by atoms with E-state index in [1.54, 1.807) is 24.3 Å². The zero-order valence-corrected chi connectivity index (χ0v) is 28.0. The molecule has 1 saturated carbocycles. The normalized spacial score (nSPS) is 14.3. The van der Waals surface area contributed by atoms with Gasteiger partial charge >= 0.3 is 0 Å². The Morgan fingerprint density at radius 2 is 1.54 bits per heavy atom. The predicted molar refractivity (Wildman–Crippen MR) is 176 cm³/mol. The third-order valence-electron chi connectivity index (χ3n) is 8.32. The number of methoxy groups -OCH3 is 2. The lowest BCUT2D eigenvalue weighted by molar-refractivity contribution is -0.140. The van der Waals surface area contributed by atoms with E-state index in [4.69, 9.17) is 9.47 Å². The Labute approximate surface area is 271 Å². The number of sulfonamides is 1. The summed E-state index contributed by atoms with van der Waals surface area (Å²) in [5.74, 6) is -0.705. The van der Waals surface area contributed by atoms with Crippen LogP contribution in [0, 0.1) is 19.7 Å². The van der Waals surface area contributed by atoms with Gasteiger partial charge in [-0.3, -0.25) is 13.9 Å². The van der Waals surface area contributed by atoms with Crippen molar-refractivity contribution < 1.29 is 31.9 Å². The lowest BCUT2D eigenvalue weighted by Gasteiger charge is -2.34. The van der Waals surface area contributed by atoms with Gasteiger partial charge in [0.2, 0.25) is 11.8 Å². The smallest absolute Gasteiger partial charge is 0.264 e. The highest BCUT2D eigenvalue weighted by Gasteiger charge is 2.35. The standard InChI is InChI=1S/C35H44FN3O6S/c1-6-31(35(41)37-28-10-8-7-9-11-28)38(22-26-12-14-27(36)15-13-26)34(40)23-39(29-19-24(2)18-25(3)20-29)46(42,43)30-16-17-32(44-4)33(21-30)45-5/h12-21,28,31H,6-11,22-23H2,1-5H3,(H,37,41). The summed E-state index contributed by atoms with van der Waals surface area (Å²) in [6.07, 6.45) is 5.23. The first kappa shape index (κ1) is 34.7. The maximum atomic E-state index is 14.4. The molecule has 3 aromatic carbocycles. The minimum absolute atomic E-state index is 0.00714. The number of aryl methyl sites for hydroxylation is 2. The topological polar surface area (TPSA) is 105 Å². The molecular weight excluding hydrogens is 609 g/mol. The lowest BCUT2D eigenvalue weighted by atomic mass is 9.95. The summed E-state index contributed by atoms with van der Waals surface area (Å²) in [5, 5.41) is 3.13. The van der Waals surface area contributed by atoms with Crippen molar-refractivity contribution in [2.45, 2.75) is 82.8 Å². The fourth-order valence-electron chi connectivity index (χ4n) is 5.98. The van der Waals surface area contributed by atoms with Crippen LogP contribution in [0.25, 0.3) is 0 Å². The largest absolute Gasteiger partial charge is 0.493 e. The first-order valence-corrected chi connectivity index (χ1v) is 17.1. The lowest BCUT2D eigenvalue weighted by Crippen LogP contribution is -2.54. The van der Waals surface area contributed by atoms with Crippen molar-refractivity contribution in [3.8, 4) is 11.5 Å². The minimum Gasteiger partial charge on any atom is -0.493 e. The highest BCUT2D eigenvalue weighted by molar-refractivity contribution is 7.92. The van der Waals surface area contributed by atoms with Crippen LogP contribution in [-0.2, 0) is 26.2 Å². The molecule has 2 amide bonds. The summed E-state index contributed by atoms with van der Waals surface area (Å²) in [4.78, 5) is 29.4. The zero-order chi connectivity index (χ0) is 33.4. The third kappa shape index (κ3) is 8.37. The molecule has 0 aliphatic heterocycles. The molecule has 1 fully saturated rings. The number of hydrogen-bond acceptors (Lipinski definition) is 6. The summed E-state index contributed by atoms with van der Waals surface area (Å²) < 4.78 is 54.2. The molecule has 46 heavy (non-hydrogen) atoms. The molecule has 1 atom stereocenters. The maximum Gasteiger partial charge on any atom is 0.264 e. The van der Waals surface area contributed by atoms with Gasteiger partial charge in [-0.2, -0.15) is 0 Å². The molecule has 1 aliphatic carbocycles. The van der Waals surface area contributed by atoms with Crippen molar-refractivity contribution in [1.29, 1.82) is 0 Å². The van der Waals surface area contributed by atoms with E-state index in [2.05, 4.69) is 5.32 Å². The van der Waals surface area contributed by atoms with E-state index >= 15 is 0 Å². The van der Waals surface area contributed by atoms with Crippen LogP contribution < -0.4 is 19.1 Å². The number of nitrogens with one attached hydrogen (secondary N) is 1. The summed E-state index contributed by atoms with van der Waals surface area (Å²) >= 11 is 0. The molecule has 0 radical (unpaired) electrons. The van der Waals surface area contributed by atoms with Crippen molar-refractivity contribution in [2.75, 3.05) is 25.1 Å². The van der Waals surface area contributed by atoms with Crippen molar-refractivity contribution >= 4 is 27.5 Å². The molecule has 248 valence electrons. The first-order valence-electron chi connectivity index (χ1n) is 15.6. The van der Waals surface area contributed by atoms with Gasteiger partial charge in [0.05, 0.1) is 24.8 Å². The summed E-state index contributed by atoms with van der Waals surface area (Å²) in [5.41, 5.74) is 2.55. The second kappa shape index (κ2) is 15.4. The number of carbonyl (C=O) groups is 2. The SMILES string of the molecule is CCC(C(=O)NC1CCCCC1)N(Cc1ccc(F)cc1)C(=O)CN(c1cc(C)cc(C)c1)S(=O)(=O)c1ccc(OC)c(OC)c1. The van der Waals surface area contributed by atoms with Gasteiger partial charge in [0, 0.05) is 18.7 Å². The molecule has 1 unspecified atom stereocenters. The number of ether oxygens (including phenoxy) is 2. The van der Waals surface area contributed by atoms with Gasteiger partial charge in [-0.1, -0.05) is 44.4 Å². The Morgan fingerprint density at radius 1 is 0.913 bits per heavy atom. The third-order valence-corrected chi connectivity index (χ3v) is 10.1. The van der Waals surface area contributed by atoms with E-state index in [1.807, 2.05) is 26.8 Å². The number of anilines is 1. The van der Waals surface area contributed by atoms with Gasteiger partial charge in [-0.25, -0.2) is 12.8 Å². The van der Waals surface area contributed by atoms with Crippen LogP contribution in [0.15, 0.2) is 65.6 Å². The van der Waals surface area contributed by atoms with Crippen LogP contribution in [0.1, 0.15) is 62.1 Å². The highest BCUT2D eigenvalue weighted by Crippen LogP contribution is 2.33. The fraction of sp³-hybridized carbons (Fsp3) is 0.429. The highest BCUT2D eigenvalue weighted by atomic mass is 32.2. The number of benzene rings is 3. The van der Waals surface area contributed by atoms with E-state index in [0.29, 0.717) is 23.4 Å².